The molecule has 1 amide bonds. The van der Waals surface area contributed by atoms with Crippen LogP contribution in [0.25, 0.3) is 5.69 Å². The molecular weight excluding hydrogens is 499 g/mol. The van der Waals surface area contributed by atoms with E-state index in [0.29, 0.717) is 43.1 Å². The summed E-state index contributed by atoms with van der Waals surface area (Å²) in [5.41, 5.74) is 3.56. The zero-order valence-electron chi connectivity index (χ0n) is 17.6. The molecule has 1 N–H and O–H groups in total. The lowest BCUT2D eigenvalue weighted by Crippen LogP contribution is -2.24. The largest absolute Gasteiger partial charge is 0.345 e. The molecule has 5 nitrogen and oxygen atoms in total. The van der Waals surface area contributed by atoms with E-state index in [1.54, 1.807) is 48.2 Å². The maximum Gasteiger partial charge on any atom is 0.251 e. The standard InChI is InChI=1S/C24H19Cl3N4OS/c1-15-3-2-4-16(11-15)14-33-24-30-29-22(31(24)21-10-9-19(26)12-20(21)27)13-28-23(32)17-5-7-18(25)8-6-17/h2-12H,13-14H2,1H3,(H,28,32). The maximum absolute atomic E-state index is 12.6. The number of hydrogen-bond acceptors (Lipinski definition) is 4. The van der Waals surface area contributed by atoms with Crippen LogP contribution in [0.15, 0.2) is 71.9 Å². The summed E-state index contributed by atoms with van der Waals surface area (Å²) < 4.78 is 1.85. The Morgan fingerprint density at radius 1 is 0.970 bits per heavy atom. The summed E-state index contributed by atoms with van der Waals surface area (Å²) >= 11 is 20.1. The molecule has 0 aliphatic heterocycles. The highest BCUT2D eigenvalue weighted by Gasteiger charge is 2.18. The van der Waals surface area contributed by atoms with E-state index in [0.717, 1.165) is 0 Å². The van der Waals surface area contributed by atoms with Crippen molar-refractivity contribution in [2.24, 2.45) is 0 Å². The Bertz CT molecular complexity index is 1290. The second-order valence-corrected chi connectivity index (χ2v) is 9.52. The Kier molecular flexibility index (Phi) is 7.60. The molecule has 0 spiro atoms. The number of hydrogen-bond donors (Lipinski definition) is 1. The molecule has 0 aliphatic carbocycles. The lowest BCUT2D eigenvalue weighted by atomic mass is 10.2. The first kappa shape index (κ1) is 23.6. The molecule has 0 bridgehead atoms. The number of nitrogens with zero attached hydrogens (tertiary/aromatic N) is 3. The molecule has 0 saturated heterocycles. The van der Waals surface area contributed by atoms with Gasteiger partial charge in [0.2, 0.25) is 0 Å². The van der Waals surface area contributed by atoms with Crippen LogP contribution in [0.3, 0.4) is 0 Å². The van der Waals surface area contributed by atoms with Gasteiger partial charge in [0.25, 0.3) is 5.91 Å². The van der Waals surface area contributed by atoms with Crippen LogP contribution in [0.2, 0.25) is 15.1 Å². The van der Waals surface area contributed by atoms with Gasteiger partial charge in [-0.15, -0.1) is 10.2 Å². The van der Waals surface area contributed by atoms with E-state index < -0.39 is 0 Å². The first-order chi connectivity index (χ1) is 15.9. The molecule has 0 unspecified atom stereocenters. The van der Waals surface area contributed by atoms with Crippen molar-refractivity contribution in [2.75, 3.05) is 0 Å². The molecule has 1 aromatic heterocycles. The molecule has 0 atom stereocenters. The SMILES string of the molecule is Cc1cccc(CSc2nnc(CNC(=O)c3ccc(Cl)cc3)n2-c2ccc(Cl)cc2Cl)c1. The number of nitrogens with one attached hydrogen (secondary N) is 1. The predicted molar refractivity (Wildman–Crippen MR) is 135 cm³/mol. The molecule has 4 rings (SSSR count). The maximum atomic E-state index is 12.6. The fourth-order valence-corrected chi connectivity index (χ4v) is 4.75. The summed E-state index contributed by atoms with van der Waals surface area (Å²) in [5.74, 6) is 1.02. The number of aromatic nitrogens is 3. The normalized spacial score (nSPS) is 10.9. The molecule has 0 radical (unpaired) electrons. The fourth-order valence-electron chi connectivity index (χ4n) is 3.23. The minimum atomic E-state index is -0.239. The highest BCUT2D eigenvalue weighted by atomic mass is 35.5. The number of thioether (sulfide) groups is 1. The third-order valence-electron chi connectivity index (χ3n) is 4.81. The van der Waals surface area contributed by atoms with Gasteiger partial charge in [-0.3, -0.25) is 9.36 Å². The van der Waals surface area contributed by atoms with Gasteiger partial charge in [-0.2, -0.15) is 0 Å². The molecule has 0 aliphatic rings. The second kappa shape index (κ2) is 10.6. The monoisotopic (exact) mass is 516 g/mol. The highest BCUT2D eigenvalue weighted by molar-refractivity contribution is 7.98. The molecule has 33 heavy (non-hydrogen) atoms. The fraction of sp³-hybridized carbons (Fsp3) is 0.125. The van der Waals surface area contributed by atoms with Gasteiger partial charge < -0.3 is 5.32 Å². The summed E-state index contributed by atoms with van der Waals surface area (Å²) in [7, 11) is 0. The van der Waals surface area contributed by atoms with Crippen LogP contribution in [0.5, 0.6) is 0 Å². The first-order valence-corrected chi connectivity index (χ1v) is 12.1. The molecule has 3 aromatic carbocycles. The van der Waals surface area contributed by atoms with Crippen LogP contribution in [-0.4, -0.2) is 20.7 Å². The quantitative estimate of drug-likeness (QED) is 0.275. The van der Waals surface area contributed by atoms with E-state index in [9.17, 15) is 4.79 Å². The van der Waals surface area contributed by atoms with E-state index >= 15 is 0 Å². The first-order valence-electron chi connectivity index (χ1n) is 10.0. The van der Waals surface area contributed by atoms with Crippen LogP contribution in [0.4, 0.5) is 0 Å². The topological polar surface area (TPSA) is 59.8 Å². The Morgan fingerprint density at radius 2 is 1.73 bits per heavy atom. The summed E-state index contributed by atoms with van der Waals surface area (Å²) in [6.45, 7) is 2.23. The van der Waals surface area contributed by atoms with Crippen molar-refractivity contribution in [1.82, 2.24) is 20.1 Å². The van der Waals surface area contributed by atoms with Crippen molar-refractivity contribution in [3.05, 3.63) is 104 Å². The van der Waals surface area contributed by atoms with Gasteiger partial charge in [0.1, 0.15) is 0 Å². The number of rotatable bonds is 7. The van der Waals surface area contributed by atoms with Crippen molar-refractivity contribution >= 4 is 52.5 Å². The Hall–Kier alpha value is -2.51. The van der Waals surface area contributed by atoms with Crippen LogP contribution < -0.4 is 5.32 Å². The van der Waals surface area contributed by atoms with Crippen molar-refractivity contribution in [3.8, 4) is 5.69 Å². The summed E-state index contributed by atoms with van der Waals surface area (Å²) in [5, 5.41) is 13.8. The third kappa shape index (κ3) is 5.89. The molecule has 9 heteroatoms. The molecule has 168 valence electrons. The third-order valence-corrected chi connectivity index (χ3v) is 6.60. The molecule has 4 aromatic rings. The molecular formula is C24H19Cl3N4OS. The smallest absolute Gasteiger partial charge is 0.251 e. The zero-order chi connectivity index (χ0) is 23.4. The summed E-state index contributed by atoms with van der Waals surface area (Å²) in [4.78, 5) is 12.6. The number of carbonyl (C=O) groups is 1. The lowest BCUT2D eigenvalue weighted by Gasteiger charge is -2.13. The highest BCUT2D eigenvalue weighted by Crippen LogP contribution is 2.31. The van der Waals surface area contributed by atoms with Crippen LogP contribution in [0.1, 0.15) is 27.3 Å². The molecule has 0 fully saturated rings. The number of carbonyl (C=O) groups excluding carboxylic acids is 1. The summed E-state index contributed by atoms with van der Waals surface area (Å²) in [6, 6.07) is 20.2. The van der Waals surface area contributed by atoms with E-state index in [1.165, 1.54) is 11.1 Å². The average Bonchev–Trinajstić information content (AvgIpc) is 3.19. The van der Waals surface area contributed by atoms with Crippen LogP contribution in [0, 0.1) is 6.92 Å². The lowest BCUT2D eigenvalue weighted by molar-refractivity contribution is 0.0949. The Morgan fingerprint density at radius 3 is 2.45 bits per heavy atom. The van der Waals surface area contributed by atoms with Crippen molar-refractivity contribution in [1.29, 1.82) is 0 Å². The summed E-state index contributed by atoms with van der Waals surface area (Å²) in [6.07, 6.45) is 0. The van der Waals surface area contributed by atoms with E-state index in [2.05, 4.69) is 40.6 Å². The minimum absolute atomic E-state index is 0.165. The van der Waals surface area contributed by atoms with Crippen LogP contribution in [-0.2, 0) is 12.3 Å². The molecule has 0 saturated carbocycles. The zero-order valence-corrected chi connectivity index (χ0v) is 20.6. The van der Waals surface area contributed by atoms with Gasteiger partial charge in [0.15, 0.2) is 11.0 Å². The number of aryl methyl sites for hydroxylation is 1. The van der Waals surface area contributed by atoms with Crippen LogP contribution >= 0.6 is 46.6 Å². The number of halogens is 3. The van der Waals surface area contributed by atoms with Gasteiger partial charge in [0.05, 0.1) is 17.3 Å². The Balaban J connectivity index is 1.60. The number of amides is 1. The second-order valence-electron chi connectivity index (χ2n) is 7.30. The van der Waals surface area contributed by atoms with Gasteiger partial charge in [0, 0.05) is 21.4 Å². The minimum Gasteiger partial charge on any atom is -0.345 e. The average molecular weight is 518 g/mol. The molecule has 1 heterocycles. The van der Waals surface area contributed by atoms with Crippen molar-refractivity contribution in [2.45, 2.75) is 24.4 Å². The Labute approximate surface area is 211 Å². The van der Waals surface area contributed by atoms with Crippen molar-refractivity contribution < 1.29 is 4.79 Å². The predicted octanol–water partition coefficient (Wildman–Crippen LogP) is 6.76. The van der Waals surface area contributed by atoms with E-state index in [4.69, 9.17) is 34.8 Å². The van der Waals surface area contributed by atoms with E-state index in [1.807, 2.05) is 16.7 Å². The van der Waals surface area contributed by atoms with E-state index in [-0.39, 0.29) is 12.5 Å². The van der Waals surface area contributed by atoms with Gasteiger partial charge >= 0.3 is 0 Å². The number of benzene rings is 3. The van der Waals surface area contributed by atoms with Crippen molar-refractivity contribution in [3.63, 3.8) is 0 Å². The van der Waals surface area contributed by atoms with Gasteiger partial charge in [-0.05, 0) is 55.0 Å². The van der Waals surface area contributed by atoms with Gasteiger partial charge in [-0.1, -0.05) is 76.4 Å². The van der Waals surface area contributed by atoms with Gasteiger partial charge in [-0.25, -0.2) is 0 Å².